The maximum absolute atomic E-state index is 10.8. The van der Waals surface area contributed by atoms with Crippen LogP contribution in [0.1, 0.15) is 6.92 Å². The third-order valence-corrected chi connectivity index (χ3v) is 3.05. The Kier molecular flexibility index (Phi) is 3.01. The van der Waals surface area contributed by atoms with Crippen molar-refractivity contribution >= 4 is 15.7 Å². The number of nitrogens with one attached hydrogen (secondary N) is 1. The van der Waals surface area contributed by atoms with Crippen molar-refractivity contribution in [3.63, 3.8) is 0 Å². The molecule has 5 nitrogen and oxygen atoms in total. The standard InChI is InChI=1S/C5H12N2O3S/c1-3(11(2,9)10)4(8)5(6)7/h3-4,8H,1-2H3,(H3,6,7)/t3-,4-/m0/s1. The maximum atomic E-state index is 10.8. The molecule has 0 aliphatic heterocycles. The van der Waals surface area contributed by atoms with Crippen molar-refractivity contribution in [2.45, 2.75) is 18.3 Å². The summed E-state index contributed by atoms with van der Waals surface area (Å²) in [6.07, 6.45) is -0.408. The predicted molar refractivity (Wildman–Crippen MR) is 42.2 cm³/mol. The van der Waals surface area contributed by atoms with Gasteiger partial charge in [-0.2, -0.15) is 0 Å². The van der Waals surface area contributed by atoms with Crippen LogP contribution in [-0.4, -0.2) is 37.0 Å². The second-order valence-electron chi connectivity index (χ2n) is 2.43. The zero-order valence-corrected chi connectivity index (χ0v) is 7.22. The van der Waals surface area contributed by atoms with Gasteiger partial charge in [0.1, 0.15) is 11.9 Å². The van der Waals surface area contributed by atoms with Crippen LogP contribution in [0.5, 0.6) is 0 Å². The monoisotopic (exact) mass is 180 g/mol. The molecule has 6 heteroatoms. The summed E-state index contributed by atoms with van der Waals surface area (Å²) in [6, 6.07) is 0. The van der Waals surface area contributed by atoms with E-state index in [1.165, 1.54) is 6.92 Å². The van der Waals surface area contributed by atoms with Gasteiger partial charge in [0.25, 0.3) is 0 Å². The van der Waals surface area contributed by atoms with Crippen LogP contribution in [-0.2, 0) is 9.84 Å². The first-order valence-electron chi connectivity index (χ1n) is 2.97. The van der Waals surface area contributed by atoms with Crippen LogP contribution < -0.4 is 5.73 Å². The van der Waals surface area contributed by atoms with Crippen molar-refractivity contribution in [2.24, 2.45) is 5.73 Å². The normalized spacial score (nSPS) is 17.4. The van der Waals surface area contributed by atoms with Gasteiger partial charge >= 0.3 is 0 Å². The number of aliphatic hydroxyl groups excluding tert-OH is 1. The van der Waals surface area contributed by atoms with Gasteiger partial charge in [0.15, 0.2) is 9.84 Å². The summed E-state index contributed by atoms with van der Waals surface area (Å²) in [6.45, 7) is 1.31. The molecule has 0 amide bonds. The Morgan fingerprint density at radius 2 is 2.00 bits per heavy atom. The number of hydrogen-bond donors (Lipinski definition) is 3. The van der Waals surface area contributed by atoms with Gasteiger partial charge in [0, 0.05) is 6.26 Å². The molecule has 0 aliphatic rings. The third kappa shape index (κ3) is 2.85. The molecular weight excluding hydrogens is 168 g/mol. The average molecular weight is 180 g/mol. The minimum absolute atomic E-state index is 0.525. The lowest BCUT2D eigenvalue weighted by molar-refractivity contribution is 0.237. The van der Waals surface area contributed by atoms with Crippen LogP contribution >= 0.6 is 0 Å². The molecule has 0 spiro atoms. The highest BCUT2D eigenvalue weighted by Crippen LogP contribution is 2.03. The summed E-state index contributed by atoms with van der Waals surface area (Å²) < 4.78 is 21.5. The van der Waals surface area contributed by atoms with E-state index in [-0.39, 0.29) is 0 Å². The highest BCUT2D eigenvalue weighted by molar-refractivity contribution is 7.91. The van der Waals surface area contributed by atoms with Gasteiger partial charge in [-0.1, -0.05) is 0 Å². The topological polar surface area (TPSA) is 104 Å². The van der Waals surface area contributed by atoms with Crippen molar-refractivity contribution in [3.05, 3.63) is 0 Å². The van der Waals surface area contributed by atoms with Crippen LogP contribution in [0.2, 0.25) is 0 Å². The number of amidine groups is 1. The van der Waals surface area contributed by atoms with Crippen LogP contribution in [0.25, 0.3) is 0 Å². The van der Waals surface area contributed by atoms with Gasteiger partial charge in [-0.3, -0.25) is 5.41 Å². The number of hydrogen-bond acceptors (Lipinski definition) is 4. The summed E-state index contributed by atoms with van der Waals surface area (Å²) >= 11 is 0. The fraction of sp³-hybridized carbons (Fsp3) is 0.800. The first-order valence-corrected chi connectivity index (χ1v) is 4.93. The second kappa shape index (κ2) is 3.19. The Hall–Kier alpha value is -0.620. The number of rotatable bonds is 3. The Balaban J connectivity index is 4.51. The summed E-state index contributed by atoms with van der Waals surface area (Å²) in [4.78, 5) is 0. The highest BCUT2D eigenvalue weighted by atomic mass is 32.2. The summed E-state index contributed by atoms with van der Waals surface area (Å²) in [5, 5.41) is 14.8. The summed E-state index contributed by atoms with van der Waals surface area (Å²) in [5.41, 5.74) is 4.90. The quantitative estimate of drug-likeness (QED) is 0.371. The minimum Gasteiger partial charge on any atom is -0.385 e. The second-order valence-corrected chi connectivity index (χ2v) is 4.84. The zero-order valence-electron chi connectivity index (χ0n) is 6.40. The van der Waals surface area contributed by atoms with Crippen LogP contribution in [0.4, 0.5) is 0 Å². The smallest absolute Gasteiger partial charge is 0.153 e. The van der Waals surface area contributed by atoms with E-state index in [2.05, 4.69) is 0 Å². The molecular formula is C5H12N2O3S. The lowest BCUT2D eigenvalue weighted by Crippen LogP contribution is -2.40. The van der Waals surface area contributed by atoms with Gasteiger partial charge in [0.05, 0.1) is 5.25 Å². The fourth-order valence-electron chi connectivity index (χ4n) is 0.487. The molecule has 4 N–H and O–H groups in total. The van der Waals surface area contributed by atoms with Gasteiger partial charge in [-0.05, 0) is 6.92 Å². The molecule has 0 rings (SSSR count). The Bertz CT molecular complexity index is 246. The van der Waals surface area contributed by atoms with Crippen molar-refractivity contribution in [1.29, 1.82) is 5.41 Å². The molecule has 0 heterocycles. The summed E-state index contributed by atoms with van der Waals surface area (Å²) in [7, 11) is -3.32. The van der Waals surface area contributed by atoms with Crippen LogP contribution in [0.3, 0.4) is 0 Å². The summed E-state index contributed by atoms with van der Waals surface area (Å²) in [5.74, 6) is -0.525. The van der Waals surface area contributed by atoms with Gasteiger partial charge < -0.3 is 10.8 Å². The SMILES string of the molecule is C[C@@H]([C@H](O)C(=N)N)S(C)(=O)=O. The highest BCUT2D eigenvalue weighted by Gasteiger charge is 2.25. The molecule has 0 aliphatic carbocycles. The van der Waals surface area contributed by atoms with E-state index >= 15 is 0 Å². The molecule has 0 aromatic rings. The molecule has 0 saturated carbocycles. The molecule has 0 unspecified atom stereocenters. The van der Waals surface area contributed by atoms with Gasteiger partial charge in [0.2, 0.25) is 0 Å². The van der Waals surface area contributed by atoms with Crippen molar-refractivity contribution in [1.82, 2.24) is 0 Å². The van der Waals surface area contributed by atoms with Gasteiger partial charge in [-0.25, -0.2) is 8.42 Å². The molecule has 0 fully saturated rings. The van der Waals surface area contributed by atoms with Crippen LogP contribution in [0, 0.1) is 5.41 Å². The van der Waals surface area contributed by atoms with Crippen LogP contribution in [0.15, 0.2) is 0 Å². The first-order chi connectivity index (χ1) is 4.76. The first kappa shape index (κ1) is 10.4. The Morgan fingerprint density at radius 3 is 2.09 bits per heavy atom. The predicted octanol–water partition coefficient (Wildman–Crippen LogP) is -1.28. The Morgan fingerprint density at radius 1 is 1.64 bits per heavy atom. The molecule has 0 saturated heterocycles. The number of nitrogens with two attached hydrogens (primary N) is 1. The third-order valence-electron chi connectivity index (χ3n) is 1.44. The maximum Gasteiger partial charge on any atom is 0.153 e. The molecule has 0 bridgehead atoms. The van der Waals surface area contributed by atoms with E-state index in [1.54, 1.807) is 0 Å². The molecule has 11 heavy (non-hydrogen) atoms. The molecule has 0 radical (unpaired) electrons. The molecule has 0 aromatic carbocycles. The number of sulfone groups is 1. The van der Waals surface area contributed by atoms with E-state index in [0.717, 1.165) is 6.26 Å². The lowest BCUT2D eigenvalue weighted by Gasteiger charge is -2.14. The largest absolute Gasteiger partial charge is 0.385 e. The van der Waals surface area contributed by atoms with Crippen molar-refractivity contribution in [2.75, 3.05) is 6.26 Å². The molecule has 0 aromatic heterocycles. The Labute approximate surface area is 65.6 Å². The fourth-order valence-corrected chi connectivity index (χ4v) is 1.10. The van der Waals surface area contributed by atoms with Crippen molar-refractivity contribution < 1.29 is 13.5 Å². The molecule has 2 atom stereocenters. The van der Waals surface area contributed by atoms with Crippen molar-refractivity contribution in [3.8, 4) is 0 Å². The zero-order chi connectivity index (χ0) is 9.23. The van der Waals surface area contributed by atoms with Gasteiger partial charge in [-0.15, -0.1) is 0 Å². The van der Waals surface area contributed by atoms with E-state index in [4.69, 9.17) is 16.2 Å². The van der Waals surface area contributed by atoms with E-state index in [9.17, 15) is 8.42 Å². The minimum atomic E-state index is -3.32. The molecule has 66 valence electrons. The lowest BCUT2D eigenvalue weighted by atomic mass is 10.2. The van der Waals surface area contributed by atoms with E-state index in [1.807, 2.05) is 0 Å². The van der Waals surface area contributed by atoms with E-state index in [0.29, 0.717) is 0 Å². The average Bonchev–Trinajstić information content (AvgIpc) is 1.82. The number of aliphatic hydroxyl groups is 1. The van der Waals surface area contributed by atoms with E-state index < -0.39 is 27.0 Å².